The van der Waals surface area contributed by atoms with Crippen LogP contribution in [0.2, 0.25) is 0 Å². The fourth-order valence-corrected chi connectivity index (χ4v) is 1.52. The van der Waals surface area contributed by atoms with Crippen LogP contribution < -0.4 is 10.1 Å². The van der Waals surface area contributed by atoms with Crippen LogP contribution in [0, 0.1) is 5.41 Å². The van der Waals surface area contributed by atoms with Gasteiger partial charge in [-0.25, -0.2) is 0 Å². The molecule has 1 rings (SSSR count). The average molecular weight is 251 g/mol. The Morgan fingerprint density at radius 2 is 2.17 bits per heavy atom. The van der Waals surface area contributed by atoms with E-state index in [1.54, 1.807) is 21.0 Å². The number of ether oxygens (including phenoxy) is 1. The van der Waals surface area contributed by atoms with Gasteiger partial charge in [-0.05, 0) is 44.5 Å². The molecule has 0 saturated carbocycles. The van der Waals surface area contributed by atoms with Crippen LogP contribution in [0.5, 0.6) is 5.75 Å². The summed E-state index contributed by atoms with van der Waals surface area (Å²) in [6, 6.07) is 7.82. The number of benzene rings is 1. The molecule has 18 heavy (non-hydrogen) atoms. The predicted molar refractivity (Wildman–Crippen MR) is 70.7 cm³/mol. The van der Waals surface area contributed by atoms with Crippen LogP contribution in [0.3, 0.4) is 0 Å². The summed E-state index contributed by atoms with van der Waals surface area (Å²) in [4.78, 5) is 10.9. The van der Waals surface area contributed by atoms with Crippen molar-refractivity contribution in [2.24, 2.45) is 5.41 Å². The maximum atomic E-state index is 10.9. The van der Waals surface area contributed by atoms with E-state index in [1.807, 2.05) is 24.3 Å². The average Bonchev–Trinajstić information content (AvgIpc) is 2.35. The Hall–Kier alpha value is -1.55. The fourth-order valence-electron chi connectivity index (χ4n) is 1.52. The Morgan fingerprint density at radius 3 is 2.78 bits per heavy atom. The minimum absolute atomic E-state index is 0.603. The molecule has 0 aliphatic carbocycles. The summed E-state index contributed by atoms with van der Waals surface area (Å²) >= 11 is 0. The molecule has 0 spiro atoms. The first-order chi connectivity index (χ1) is 8.45. The normalized spacial score (nSPS) is 11.3. The molecule has 0 aromatic heterocycles. The molecule has 1 aromatic rings. The second-order valence-electron chi connectivity index (χ2n) is 4.97. The van der Waals surface area contributed by atoms with E-state index < -0.39 is 11.4 Å². The lowest BCUT2D eigenvalue weighted by molar-refractivity contribution is -0.147. The molecule has 0 aliphatic rings. The van der Waals surface area contributed by atoms with Crippen LogP contribution in [-0.4, -0.2) is 24.7 Å². The molecule has 0 saturated heterocycles. The fraction of sp³-hybridized carbons (Fsp3) is 0.500. The van der Waals surface area contributed by atoms with Crippen molar-refractivity contribution in [1.29, 1.82) is 0 Å². The highest BCUT2D eigenvalue weighted by molar-refractivity contribution is 5.73. The molecular weight excluding hydrogens is 230 g/mol. The van der Waals surface area contributed by atoms with Crippen molar-refractivity contribution >= 4 is 5.97 Å². The Morgan fingerprint density at radius 1 is 1.44 bits per heavy atom. The number of nitrogens with one attached hydrogen (secondary N) is 1. The van der Waals surface area contributed by atoms with Crippen LogP contribution in [0.4, 0.5) is 0 Å². The zero-order chi connectivity index (χ0) is 13.6. The van der Waals surface area contributed by atoms with E-state index in [-0.39, 0.29) is 0 Å². The quantitative estimate of drug-likeness (QED) is 0.730. The van der Waals surface area contributed by atoms with E-state index >= 15 is 0 Å². The smallest absolute Gasteiger partial charge is 0.309 e. The summed E-state index contributed by atoms with van der Waals surface area (Å²) < 4.78 is 5.14. The molecule has 4 nitrogen and oxygen atoms in total. The van der Waals surface area contributed by atoms with Crippen LogP contribution >= 0.6 is 0 Å². The van der Waals surface area contributed by atoms with Crippen molar-refractivity contribution in [3.05, 3.63) is 29.8 Å². The van der Waals surface area contributed by atoms with Gasteiger partial charge in [0.1, 0.15) is 5.75 Å². The van der Waals surface area contributed by atoms with Crippen molar-refractivity contribution in [3.63, 3.8) is 0 Å². The molecule has 2 N–H and O–H groups in total. The first kappa shape index (κ1) is 14.5. The number of methoxy groups -OCH3 is 1. The van der Waals surface area contributed by atoms with Gasteiger partial charge in [0.05, 0.1) is 12.5 Å². The maximum Gasteiger partial charge on any atom is 0.309 e. The van der Waals surface area contributed by atoms with E-state index in [2.05, 4.69) is 5.32 Å². The highest BCUT2D eigenvalue weighted by Crippen LogP contribution is 2.19. The molecule has 0 aliphatic heterocycles. The van der Waals surface area contributed by atoms with E-state index in [9.17, 15) is 4.79 Å². The first-order valence-corrected chi connectivity index (χ1v) is 6.03. The summed E-state index contributed by atoms with van der Waals surface area (Å²) in [5.41, 5.74) is 0.448. The Bertz CT molecular complexity index is 402. The summed E-state index contributed by atoms with van der Waals surface area (Å²) in [6.45, 7) is 4.87. The standard InChI is InChI=1S/C14H21NO3/c1-14(2,13(16)17)7-8-15-10-11-5-4-6-12(9-11)18-3/h4-6,9,15H,7-8,10H2,1-3H3,(H,16,17). The Labute approximate surface area is 108 Å². The lowest BCUT2D eigenvalue weighted by atomic mass is 9.90. The van der Waals surface area contributed by atoms with Crippen LogP contribution in [0.15, 0.2) is 24.3 Å². The lowest BCUT2D eigenvalue weighted by Gasteiger charge is -2.19. The van der Waals surface area contributed by atoms with Gasteiger partial charge in [0.15, 0.2) is 0 Å². The molecule has 0 radical (unpaired) electrons. The van der Waals surface area contributed by atoms with E-state index in [1.165, 1.54) is 0 Å². The largest absolute Gasteiger partial charge is 0.497 e. The van der Waals surface area contributed by atoms with Crippen molar-refractivity contribution in [3.8, 4) is 5.75 Å². The van der Waals surface area contributed by atoms with Gasteiger partial charge in [-0.1, -0.05) is 12.1 Å². The SMILES string of the molecule is COc1cccc(CNCCC(C)(C)C(=O)O)c1. The van der Waals surface area contributed by atoms with Crippen LogP contribution in [-0.2, 0) is 11.3 Å². The molecule has 0 heterocycles. The van der Waals surface area contributed by atoms with Gasteiger partial charge in [-0.15, -0.1) is 0 Å². The molecule has 1 aromatic carbocycles. The van der Waals surface area contributed by atoms with Crippen molar-refractivity contribution in [2.45, 2.75) is 26.8 Å². The lowest BCUT2D eigenvalue weighted by Crippen LogP contribution is -2.28. The van der Waals surface area contributed by atoms with Gasteiger partial charge in [0.25, 0.3) is 0 Å². The topological polar surface area (TPSA) is 58.6 Å². The van der Waals surface area contributed by atoms with E-state index in [4.69, 9.17) is 9.84 Å². The van der Waals surface area contributed by atoms with Crippen molar-refractivity contribution in [2.75, 3.05) is 13.7 Å². The molecule has 0 amide bonds. The molecule has 0 atom stereocenters. The number of carbonyl (C=O) groups is 1. The summed E-state index contributed by atoms with van der Waals surface area (Å²) in [7, 11) is 1.64. The second-order valence-corrected chi connectivity index (χ2v) is 4.97. The van der Waals surface area contributed by atoms with Gasteiger partial charge >= 0.3 is 5.97 Å². The Kier molecular flexibility index (Phi) is 5.16. The van der Waals surface area contributed by atoms with Gasteiger partial charge in [-0.2, -0.15) is 0 Å². The van der Waals surface area contributed by atoms with Gasteiger partial charge in [0, 0.05) is 6.54 Å². The third kappa shape index (κ3) is 4.37. The molecule has 4 heteroatoms. The molecular formula is C14H21NO3. The number of aliphatic carboxylic acids is 1. The van der Waals surface area contributed by atoms with E-state index in [0.717, 1.165) is 11.3 Å². The first-order valence-electron chi connectivity index (χ1n) is 6.03. The van der Waals surface area contributed by atoms with E-state index in [0.29, 0.717) is 19.5 Å². The summed E-state index contributed by atoms with van der Waals surface area (Å²) in [5, 5.41) is 12.2. The van der Waals surface area contributed by atoms with Gasteiger partial charge in [-0.3, -0.25) is 4.79 Å². The second kappa shape index (κ2) is 6.40. The van der Waals surface area contributed by atoms with Gasteiger partial charge < -0.3 is 15.2 Å². The minimum Gasteiger partial charge on any atom is -0.497 e. The molecule has 100 valence electrons. The molecule has 0 fully saturated rings. The molecule has 0 bridgehead atoms. The third-order valence-electron chi connectivity index (χ3n) is 2.97. The number of hydrogen-bond acceptors (Lipinski definition) is 3. The predicted octanol–water partition coefficient (Wildman–Crippen LogP) is 2.29. The zero-order valence-corrected chi connectivity index (χ0v) is 11.2. The Balaban J connectivity index is 2.36. The summed E-state index contributed by atoms with van der Waals surface area (Å²) in [6.07, 6.45) is 0.603. The van der Waals surface area contributed by atoms with Crippen LogP contribution in [0.1, 0.15) is 25.8 Å². The third-order valence-corrected chi connectivity index (χ3v) is 2.97. The van der Waals surface area contributed by atoms with Crippen molar-refractivity contribution < 1.29 is 14.6 Å². The van der Waals surface area contributed by atoms with Crippen LogP contribution in [0.25, 0.3) is 0 Å². The number of carboxylic acid groups (broad SMARTS) is 1. The number of rotatable bonds is 7. The molecule has 0 unspecified atom stereocenters. The maximum absolute atomic E-state index is 10.9. The van der Waals surface area contributed by atoms with Gasteiger partial charge in [0.2, 0.25) is 0 Å². The van der Waals surface area contributed by atoms with Crippen molar-refractivity contribution in [1.82, 2.24) is 5.32 Å². The minimum atomic E-state index is -0.759. The zero-order valence-electron chi connectivity index (χ0n) is 11.2. The summed E-state index contributed by atoms with van der Waals surface area (Å²) in [5.74, 6) is 0.0749. The number of hydrogen-bond donors (Lipinski definition) is 2. The monoisotopic (exact) mass is 251 g/mol. The highest BCUT2D eigenvalue weighted by Gasteiger charge is 2.25. The highest BCUT2D eigenvalue weighted by atomic mass is 16.5. The number of carboxylic acids is 1.